The molecule has 1 aromatic carbocycles. The van der Waals surface area contributed by atoms with E-state index < -0.39 is 45.6 Å². The van der Waals surface area contributed by atoms with Crippen molar-refractivity contribution in [3.63, 3.8) is 0 Å². The topological polar surface area (TPSA) is 128 Å². The predicted octanol–water partition coefficient (Wildman–Crippen LogP) is 1.13. The molecule has 0 aliphatic rings. The minimum absolute atomic E-state index is 0.0636. The van der Waals surface area contributed by atoms with Gasteiger partial charge in [0.1, 0.15) is 6.04 Å². The predicted molar refractivity (Wildman–Crippen MR) is 139 cm³/mol. The summed E-state index contributed by atoms with van der Waals surface area (Å²) in [5.74, 6) is -0.694. The fourth-order valence-electron chi connectivity index (χ4n) is 3.58. The smallest absolute Gasteiger partial charge is 0.243 e. The van der Waals surface area contributed by atoms with Gasteiger partial charge in [-0.3, -0.25) is 9.59 Å². The molecule has 1 rings (SSSR count). The van der Waals surface area contributed by atoms with Gasteiger partial charge >= 0.3 is 0 Å². The zero-order chi connectivity index (χ0) is 27.0. The second-order valence-corrected chi connectivity index (χ2v) is 12.6. The highest BCUT2D eigenvalue weighted by Gasteiger charge is 2.36. The van der Waals surface area contributed by atoms with Gasteiger partial charge in [-0.05, 0) is 37.3 Å². The number of nitrogens with one attached hydrogen (secondary N) is 3. The molecule has 0 bridgehead atoms. The van der Waals surface area contributed by atoms with Crippen molar-refractivity contribution in [2.24, 2.45) is 11.3 Å². The second-order valence-electron chi connectivity index (χ2n) is 10.7. The molecule has 4 atom stereocenters. The SMILES string of the molecule is CNC(C)C(=O)NC(C(=O)NC(Cc1ccccc1)C(O)CN(CC(C)C)S(C)(=O)=O)C(C)(C)C. The van der Waals surface area contributed by atoms with Crippen molar-refractivity contribution in [3.8, 4) is 0 Å². The Morgan fingerprint density at radius 1 is 1.00 bits per heavy atom. The fraction of sp³-hybridized carbons (Fsp3) is 0.680. The number of amides is 2. The standard InChI is InChI=1S/C25H44N4O5S/c1-17(2)15-29(35(8,33)34)16-21(30)20(14-19-12-10-9-11-13-19)27-24(32)22(25(4,5)6)28-23(31)18(3)26-7/h9-13,17-18,20-22,26,30H,14-16H2,1-8H3,(H,27,32)(H,28,31). The van der Waals surface area contributed by atoms with Crippen LogP contribution in [0.2, 0.25) is 0 Å². The number of likely N-dealkylation sites (N-methyl/N-ethyl adjacent to an activating group) is 1. The lowest BCUT2D eigenvalue weighted by molar-refractivity contribution is -0.133. The molecule has 0 aromatic heterocycles. The first-order valence-corrected chi connectivity index (χ1v) is 13.9. The molecule has 0 saturated carbocycles. The van der Waals surface area contributed by atoms with E-state index >= 15 is 0 Å². The number of nitrogens with zero attached hydrogens (tertiary/aromatic N) is 1. The molecule has 0 spiro atoms. The minimum Gasteiger partial charge on any atom is -0.390 e. The third-order valence-corrected chi connectivity index (χ3v) is 7.00. The van der Waals surface area contributed by atoms with Crippen LogP contribution < -0.4 is 16.0 Å². The molecule has 0 radical (unpaired) electrons. The molecule has 0 aliphatic heterocycles. The molecule has 0 aliphatic carbocycles. The molecule has 35 heavy (non-hydrogen) atoms. The third-order valence-electron chi connectivity index (χ3n) is 5.76. The van der Waals surface area contributed by atoms with Crippen molar-refractivity contribution in [2.75, 3.05) is 26.4 Å². The van der Waals surface area contributed by atoms with Crippen molar-refractivity contribution in [1.82, 2.24) is 20.3 Å². The Balaban J connectivity index is 3.22. The summed E-state index contributed by atoms with van der Waals surface area (Å²) in [5, 5.41) is 19.7. The number of benzene rings is 1. The van der Waals surface area contributed by atoms with Crippen LogP contribution in [-0.4, -0.2) is 80.3 Å². The number of sulfonamides is 1. The van der Waals surface area contributed by atoms with Gasteiger partial charge < -0.3 is 21.1 Å². The van der Waals surface area contributed by atoms with E-state index in [9.17, 15) is 23.1 Å². The zero-order valence-corrected chi connectivity index (χ0v) is 23.1. The Morgan fingerprint density at radius 2 is 1.57 bits per heavy atom. The normalized spacial score (nSPS) is 16.0. The zero-order valence-electron chi connectivity index (χ0n) is 22.3. The molecule has 10 heteroatoms. The van der Waals surface area contributed by atoms with E-state index in [0.717, 1.165) is 11.8 Å². The average molecular weight is 513 g/mol. The number of carbonyl (C=O) groups is 2. The van der Waals surface area contributed by atoms with Crippen LogP contribution in [0.1, 0.15) is 47.1 Å². The van der Waals surface area contributed by atoms with Crippen molar-refractivity contribution in [3.05, 3.63) is 35.9 Å². The van der Waals surface area contributed by atoms with Crippen LogP contribution in [0.25, 0.3) is 0 Å². The molecule has 1 aromatic rings. The van der Waals surface area contributed by atoms with Crippen LogP contribution in [0.4, 0.5) is 0 Å². The minimum atomic E-state index is -3.56. The average Bonchev–Trinajstić information content (AvgIpc) is 2.74. The molecule has 2 amide bonds. The van der Waals surface area contributed by atoms with E-state index in [4.69, 9.17) is 0 Å². The quantitative estimate of drug-likeness (QED) is 0.314. The van der Waals surface area contributed by atoms with Crippen molar-refractivity contribution < 1.29 is 23.1 Å². The van der Waals surface area contributed by atoms with Gasteiger partial charge in [0, 0.05) is 13.1 Å². The van der Waals surface area contributed by atoms with Crippen LogP contribution in [0, 0.1) is 11.3 Å². The summed E-state index contributed by atoms with van der Waals surface area (Å²) in [7, 11) is -1.90. The number of rotatable bonds is 13. The van der Waals surface area contributed by atoms with Gasteiger partial charge in [0.05, 0.1) is 24.4 Å². The molecular formula is C25H44N4O5S. The van der Waals surface area contributed by atoms with Gasteiger partial charge in [-0.1, -0.05) is 65.0 Å². The molecule has 4 N–H and O–H groups in total. The second kappa shape index (κ2) is 13.3. The maximum atomic E-state index is 13.4. The molecule has 0 saturated heterocycles. The highest BCUT2D eigenvalue weighted by molar-refractivity contribution is 7.88. The summed E-state index contributed by atoms with van der Waals surface area (Å²) < 4.78 is 25.9. The molecule has 9 nitrogen and oxygen atoms in total. The number of carbonyl (C=O) groups excluding carboxylic acids is 2. The lowest BCUT2D eigenvalue weighted by Gasteiger charge is -2.34. The van der Waals surface area contributed by atoms with Gasteiger partial charge in [0.2, 0.25) is 21.8 Å². The lowest BCUT2D eigenvalue weighted by Crippen LogP contribution is -2.60. The Hall–Kier alpha value is -2.01. The van der Waals surface area contributed by atoms with E-state index in [1.165, 1.54) is 4.31 Å². The summed E-state index contributed by atoms with van der Waals surface area (Å²) in [5.41, 5.74) is 0.276. The van der Waals surface area contributed by atoms with Gasteiger partial charge in [0.25, 0.3) is 0 Å². The van der Waals surface area contributed by atoms with Crippen LogP contribution in [0.15, 0.2) is 30.3 Å². The van der Waals surface area contributed by atoms with E-state index in [1.807, 2.05) is 65.0 Å². The van der Waals surface area contributed by atoms with E-state index in [0.29, 0.717) is 6.42 Å². The molecule has 200 valence electrons. The van der Waals surface area contributed by atoms with Crippen molar-refractivity contribution in [2.45, 2.75) is 72.2 Å². The maximum absolute atomic E-state index is 13.4. The first-order chi connectivity index (χ1) is 16.1. The summed E-state index contributed by atoms with van der Waals surface area (Å²) in [6.07, 6.45) is 0.242. The van der Waals surface area contributed by atoms with E-state index in [-0.39, 0.29) is 24.9 Å². The van der Waals surface area contributed by atoms with Gasteiger partial charge in [0.15, 0.2) is 0 Å². The summed E-state index contributed by atoms with van der Waals surface area (Å²) >= 11 is 0. The maximum Gasteiger partial charge on any atom is 0.243 e. The van der Waals surface area contributed by atoms with Crippen molar-refractivity contribution in [1.29, 1.82) is 0 Å². The summed E-state index contributed by atoms with van der Waals surface area (Å²) in [6.45, 7) is 11.1. The molecule has 0 fully saturated rings. The lowest BCUT2D eigenvalue weighted by atomic mass is 9.85. The highest BCUT2D eigenvalue weighted by atomic mass is 32.2. The Labute approximate surface area is 211 Å². The molecular weight excluding hydrogens is 468 g/mol. The Bertz CT molecular complexity index is 916. The summed E-state index contributed by atoms with van der Waals surface area (Å²) in [4.78, 5) is 25.9. The van der Waals surface area contributed by atoms with Gasteiger partial charge in [-0.25, -0.2) is 8.42 Å². The Morgan fingerprint density at radius 3 is 2.03 bits per heavy atom. The largest absolute Gasteiger partial charge is 0.390 e. The van der Waals surface area contributed by atoms with Gasteiger partial charge in [-0.15, -0.1) is 0 Å². The van der Waals surface area contributed by atoms with Crippen LogP contribution >= 0.6 is 0 Å². The Kier molecular flexibility index (Phi) is 11.8. The number of hydrogen-bond donors (Lipinski definition) is 4. The number of hydrogen-bond acceptors (Lipinski definition) is 6. The molecule has 0 heterocycles. The summed E-state index contributed by atoms with van der Waals surface area (Å²) in [6, 6.07) is 7.23. The van der Waals surface area contributed by atoms with Crippen molar-refractivity contribution >= 4 is 21.8 Å². The van der Waals surface area contributed by atoms with Gasteiger partial charge in [-0.2, -0.15) is 4.31 Å². The number of aliphatic hydroxyl groups is 1. The third kappa shape index (κ3) is 10.6. The molecule has 4 unspecified atom stereocenters. The monoisotopic (exact) mass is 512 g/mol. The fourth-order valence-corrected chi connectivity index (χ4v) is 4.57. The highest BCUT2D eigenvalue weighted by Crippen LogP contribution is 2.21. The first-order valence-electron chi connectivity index (χ1n) is 12.0. The van der Waals surface area contributed by atoms with Crippen LogP contribution in [0.3, 0.4) is 0 Å². The number of aliphatic hydroxyl groups excluding tert-OH is 1. The first kappa shape index (κ1) is 31.0. The van der Waals surface area contributed by atoms with E-state index in [1.54, 1.807) is 14.0 Å². The van der Waals surface area contributed by atoms with E-state index in [2.05, 4.69) is 16.0 Å². The van der Waals surface area contributed by atoms with Crippen LogP contribution in [0.5, 0.6) is 0 Å². The van der Waals surface area contributed by atoms with Crippen LogP contribution in [-0.2, 0) is 26.0 Å².